The van der Waals surface area contributed by atoms with Gasteiger partial charge in [-0.3, -0.25) is 4.79 Å². The SMILES string of the molecule is COc1cc2c(c(OC)c1)[C@@H](c1ccc(OC)c(OC)c1OC)CC(=O)N2. The molecule has 2 aromatic carbocycles. The molecule has 3 rings (SSSR count). The molecule has 0 aromatic heterocycles. The van der Waals surface area contributed by atoms with E-state index in [0.717, 1.165) is 11.1 Å². The number of hydrogen-bond acceptors (Lipinski definition) is 6. The molecule has 144 valence electrons. The van der Waals surface area contributed by atoms with Crippen LogP contribution in [-0.4, -0.2) is 41.5 Å². The lowest BCUT2D eigenvalue weighted by Crippen LogP contribution is -2.24. The summed E-state index contributed by atoms with van der Waals surface area (Å²) in [4.78, 5) is 12.4. The van der Waals surface area contributed by atoms with Crippen molar-refractivity contribution in [1.82, 2.24) is 0 Å². The Morgan fingerprint density at radius 2 is 1.56 bits per heavy atom. The van der Waals surface area contributed by atoms with E-state index in [2.05, 4.69) is 5.32 Å². The van der Waals surface area contributed by atoms with Gasteiger partial charge < -0.3 is 29.0 Å². The molecule has 0 fully saturated rings. The van der Waals surface area contributed by atoms with E-state index in [9.17, 15) is 4.79 Å². The minimum Gasteiger partial charge on any atom is -0.497 e. The summed E-state index contributed by atoms with van der Waals surface area (Å²) in [6, 6.07) is 7.28. The summed E-state index contributed by atoms with van der Waals surface area (Å²) in [7, 11) is 7.84. The van der Waals surface area contributed by atoms with Crippen molar-refractivity contribution < 1.29 is 28.5 Å². The molecule has 0 saturated heterocycles. The molecule has 7 nitrogen and oxygen atoms in total. The van der Waals surface area contributed by atoms with E-state index < -0.39 is 0 Å². The number of ether oxygens (including phenoxy) is 5. The summed E-state index contributed by atoms with van der Waals surface area (Å²) in [5, 5.41) is 2.90. The van der Waals surface area contributed by atoms with Crippen molar-refractivity contribution in [2.45, 2.75) is 12.3 Å². The van der Waals surface area contributed by atoms with Crippen molar-refractivity contribution in [3.05, 3.63) is 35.4 Å². The van der Waals surface area contributed by atoms with Gasteiger partial charge in [0.25, 0.3) is 0 Å². The van der Waals surface area contributed by atoms with Crippen LogP contribution < -0.4 is 29.0 Å². The standard InChI is InChI=1S/C20H23NO6/c1-23-11-8-14-18(16(9-11)25-3)13(10-17(22)21-14)12-6-7-15(24-2)20(27-5)19(12)26-4/h6-9,13H,10H2,1-5H3,(H,21,22)/t13-/m1/s1. The molecular weight excluding hydrogens is 350 g/mol. The molecule has 7 heteroatoms. The van der Waals surface area contributed by atoms with Gasteiger partial charge in [0.15, 0.2) is 11.5 Å². The largest absolute Gasteiger partial charge is 0.497 e. The van der Waals surface area contributed by atoms with Crippen molar-refractivity contribution in [2.75, 3.05) is 40.9 Å². The van der Waals surface area contributed by atoms with E-state index >= 15 is 0 Å². The number of rotatable bonds is 6. The van der Waals surface area contributed by atoms with Gasteiger partial charge in [-0.05, 0) is 6.07 Å². The lowest BCUT2D eigenvalue weighted by atomic mass is 9.83. The monoisotopic (exact) mass is 373 g/mol. The molecule has 1 N–H and O–H groups in total. The molecule has 1 aliphatic heterocycles. The number of carbonyl (C=O) groups is 1. The zero-order chi connectivity index (χ0) is 19.6. The average Bonchev–Trinajstić information content (AvgIpc) is 2.70. The summed E-state index contributed by atoms with van der Waals surface area (Å²) in [5.74, 6) is 2.43. The maximum Gasteiger partial charge on any atom is 0.225 e. The topological polar surface area (TPSA) is 75.2 Å². The molecule has 0 saturated carbocycles. The van der Waals surface area contributed by atoms with Gasteiger partial charge in [0.2, 0.25) is 11.7 Å². The van der Waals surface area contributed by atoms with Gasteiger partial charge in [0.1, 0.15) is 11.5 Å². The highest BCUT2D eigenvalue weighted by atomic mass is 16.5. The Kier molecular flexibility index (Phi) is 5.30. The number of amides is 1. The molecule has 0 aliphatic carbocycles. The van der Waals surface area contributed by atoms with Crippen LogP contribution in [0.5, 0.6) is 28.7 Å². The van der Waals surface area contributed by atoms with Crippen molar-refractivity contribution in [3.63, 3.8) is 0 Å². The maximum atomic E-state index is 12.4. The fourth-order valence-electron chi connectivity index (χ4n) is 3.50. The minimum absolute atomic E-state index is 0.0976. The third-order valence-electron chi connectivity index (χ3n) is 4.69. The molecule has 0 spiro atoms. The summed E-state index contributed by atoms with van der Waals surface area (Å²) < 4.78 is 27.4. The first-order chi connectivity index (χ1) is 13.1. The van der Waals surface area contributed by atoms with Crippen molar-refractivity contribution >= 4 is 11.6 Å². The van der Waals surface area contributed by atoms with E-state index in [-0.39, 0.29) is 18.2 Å². The van der Waals surface area contributed by atoms with Crippen LogP contribution in [0.4, 0.5) is 5.69 Å². The lowest BCUT2D eigenvalue weighted by molar-refractivity contribution is -0.116. The Morgan fingerprint density at radius 1 is 0.852 bits per heavy atom. The number of benzene rings is 2. The summed E-state index contributed by atoms with van der Waals surface area (Å²) in [6.07, 6.45) is 0.252. The molecule has 1 atom stereocenters. The van der Waals surface area contributed by atoms with Gasteiger partial charge >= 0.3 is 0 Å². The van der Waals surface area contributed by atoms with Gasteiger partial charge in [-0.1, -0.05) is 6.07 Å². The molecule has 27 heavy (non-hydrogen) atoms. The molecular formula is C20H23NO6. The van der Waals surface area contributed by atoms with E-state index in [4.69, 9.17) is 23.7 Å². The van der Waals surface area contributed by atoms with Crippen LogP contribution in [-0.2, 0) is 4.79 Å². The molecule has 0 unspecified atom stereocenters. The highest BCUT2D eigenvalue weighted by Crippen LogP contribution is 2.50. The van der Waals surface area contributed by atoms with E-state index in [1.165, 1.54) is 0 Å². The van der Waals surface area contributed by atoms with Crippen molar-refractivity contribution in [2.24, 2.45) is 0 Å². The zero-order valence-electron chi connectivity index (χ0n) is 16.0. The Balaban J connectivity index is 2.24. The molecule has 2 aromatic rings. The van der Waals surface area contributed by atoms with Gasteiger partial charge in [-0.25, -0.2) is 0 Å². The Morgan fingerprint density at radius 3 is 2.15 bits per heavy atom. The lowest BCUT2D eigenvalue weighted by Gasteiger charge is -2.29. The second kappa shape index (κ2) is 7.65. The predicted octanol–water partition coefficient (Wildman–Crippen LogP) is 3.20. The van der Waals surface area contributed by atoms with Gasteiger partial charge in [0.05, 0.1) is 41.2 Å². The van der Waals surface area contributed by atoms with Gasteiger partial charge in [-0.2, -0.15) is 0 Å². The van der Waals surface area contributed by atoms with Crippen molar-refractivity contribution in [1.29, 1.82) is 0 Å². The van der Waals surface area contributed by atoms with Crippen LogP contribution in [0.3, 0.4) is 0 Å². The molecule has 0 radical (unpaired) electrons. The van der Waals surface area contributed by atoms with Crippen LogP contribution >= 0.6 is 0 Å². The smallest absolute Gasteiger partial charge is 0.225 e. The highest BCUT2D eigenvalue weighted by molar-refractivity contribution is 5.96. The normalized spacial score (nSPS) is 15.4. The number of hydrogen-bond donors (Lipinski definition) is 1. The number of methoxy groups -OCH3 is 5. The van der Waals surface area contributed by atoms with E-state index in [1.54, 1.807) is 53.7 Å². The van der Waals surface area contributed by atoms with Crippen LogP contribution in [0.15, 0.2) is 24.3 Å². The van der Waals surface area contributed by atoms with Crippen LogP contribution in [0.1, 0.15) is 23.5 Å². The third kappa shape index (κ3) is 3.20. The Bertz CT molecular complexity index is 864. The second-order valence-corrected chi connectivity index (χ2v) is 6.02. The summed E-state index contributed by atoms with van der Waals surface area (Å²) in [6.45, 7) is 0. The number of anilines is 1. The maximum absolute atomic E-state index is 12.4. The minimum atomic E-state index is -0.274. The molecule has 1 amide bonds. The van der Waals surface area contributed by atoms with Gasteiger partial charge in [0, 0.05) is 35.6 Å². The molecule has 1 heterocycles. The third-order valence-corrected chi connectivity index (χ3v) is 4.69. The predicted molar refractivity (Wildman–Crippen MR) is 101 cm³/mol. The first-order valence-corrected chi connectivity index (χ1v) is 8.42. The summed E-state index contributed by atoms with van der Waals surface area (Å²) >= 11 is 0. The first-order valence-electron chi connectivity index (χ1n) is 8.42. The fourth-order valence-corrected chi connectivity index (χ4v) is 3.50. The number of nitrogens with one attached hydrogen (secondary N) is 1. The second-order valence-electron chi connectivity index (χ2n) is 6.02. The first kappa shape index (κ1) is 18.7. The van der Waals surface area contributed by atoms with Crippen LogP contribution in [0.25, 0.3) is 0 Å². The van der Waals surface area contributed by atoms with Gasteiger partial charge in [-0.15, -0.1) is 0 Å². The van der Waals surface area contributed by atoms with E-state index in [0.29, 0.717) is 34.4 Å². The average molecular weight is 373 g/mol. The van der Waals surface area contributed by atoms with Crippen LogP contribution in [0.2, 0.25) is 0 Å². The fraction of sp³-hybridized carbons (Fsp3) is 0.350. The Labute approximate surface area is 158 Å². The molecule has 1 aliphatic rings. The highest BCUT2D eigenvalue weighted by Gasteiger charge is 2.33. The van der Waals surface area contributed by atoms with Crippen LogP contribution in [0, 0.1) is 0 Å². The quantitative estimate of drug-likeness (QED) is 0.838. The Hall–Kier alpha value is -3.09. The summed E-state index contributed by atoms with van der Waals surface area (Å²) in [5.41, 5.74) is 2.34. The van der Waals surface area contributed by atoms with E-state index in [1.807, 2.05) is 6.07 Å². The zero-order valence-corrected chi connectivity index (χ0v) is 16.0. The number of fused-ring (bicyclic) bond motifs is 1. The number of carbonyl (C=O) groups excluding carboxylic acids is 1. The van der Waals surface area contributed by atoms with Crippen molar-refractivity contribution in [3.8, 4) is 28.7 Å². The molecule has 0 bridgehead atoms.